The quantitative estimate of drug-likeness (QED) is 0.451. The van der Waals surface area contributed by atoms with Gasteiger partial charge in [-0.2, -0.15) is 0 Å². The third-order valence-corrected chi connectivity index (χ3v) is 5.23. The number of para-hydroxylation sites is 1. The molecule has 2 N–H and O–H groups in total. The van der Waals surface area contributed by atoms with Gasteiger partial charge in [-0.05, 0) is 42.0 Å². The lowest BCUT2D eigenvalue weighted by Crippen LogP contribution is -2.22. The van der Waals surface area contributed by atoms with Gasteiger partial charge in [0.15, 0.2) is 0 Å². The Kier molecular flexibility index (Phi) is 4.69. The summed E-state index contributed by atoms with van der Waals surface area (Å²) in [6.45, 7) is 0. The lowest BCUT2D eigenvalue weighted by Gasteiger charge is -2.14. The highest BCUT2D eigenvalue weighted by molar-refractivity contribution is 6.30. The second-order valence-electron chi connectivity index (χ2n) is 6.94. The van der Waals surface area contributed by atoms with Gasteiger partial charge in [-0.3, -0.25) is 4.79 Å². The SMILES string of the molecule is Nc1ncccc1-c1ccc(-c2nc3ccccc3c(=O)n2-c2ccc(Cl)cn2)cc1. The monoisotopic (exact) mass is 425 g/mol. The number of nitrogens with two attached hydrogens (primary N) is 1. The zero-order valence-electron chi connectivity index (χ0n) is 16.2. The highest BCUT2D eigenvalue weighted by Gasteiger charge is 2.15. The van der Waals surface area contributed by atoms with Gasteiger partial charge in [0.05, 0.1) is 15.9 Å². The van der Waals surface area contributed by atoms with Crippen molar-refractivity contribution in [1.82, 2.24) is 19.5 Å². The lowest BCUT2D eigenvalue weighted by atomic mass is 10.0. The van der Waals surface area contributed by atoms with Gasteiger partial charge in [0.25, 0.3) is 5.56 Å². The number of nitrogen functional groups attached to an aromatic ring is 1. The standard InChI is InChI=1S/C24H16ClN5O/c25-17-11-12-21(28-14-17)30-23(29-20-6-2-1-4-19(20)24(30)31)16-9-7-15(8-10-16)18-5-3-13-27-22(18)26/h1-14H,(H2,26,27). The van der Waals surface area contributed by atoms with Crippen LogP contribution in [-0.2, 0) is 0 Å². The summed E-state index contributed by atoms with van der Waals surface area (Å²) in [6.07, 6.45) is 3.17. The molecule has 2 aromatic carbocycles. The van der Waals surface area contributed by atoms with Crippen LogP contribution in [0.4, 0.5) is 5.82 Å². The molecule has 5 rings (SSSR count). The largest absolute Gasteiger partial charge is 0.383 e. The number of nitrogens with zero attached hydrogens (tertiary/aromatic N) is 4. The Morgan fingerprint density at radius 1 is 0.839 bits per heavy atom. The Morgan fingerprint density at radius 3 is 2.35 bits per heavy atom. The fourth-order valence-electron chi connectivity index (χ4n) is 3.50. The number of anilines is 1. The number of fused-ring (bicyclic) bond motifs is 1. The van der Waals surface area contributed by atoms with E-state index in [0.29, 0.717) is 33.4 Å². The molecule has 0 saturated heterocycles. The van der Waals surface area contributed by atoms with Crippen LogP contribution in [0.3, 0.4) is 0 Å². The van der Waals surface area contributed by atoms with Gasteiger partial charge in [-0.1, -0.05) is 48.0 Å². The number of halogens is 1. The predicted octanol–water partition coefficient (Wildman–Crippen LogP) is 4.75. The van der Waals surface area contributed by atoms with Crippen LogP contribution in [0.5, 0.6) is 0 Å². The van der Waals surface area contributed by atoms with E-state index in [0.717, 1.165) is 16.7 Å². The molecule has 31 heavy (non-hydrogen) atoms. The third-order valence-electron chi connectivity index (χ3n) is 5.01. The maximum absolute atomic E-state index is 13.4. The van der Waals surface area contributed by atoms with E-state index in [-0.39, 0.29) is 5.56 Å². The average molecular weight is 426 g/mol. The molecule has 0 saturated carbocycles. The summed E-state index contributed by atoms with van der Waals surface area (Å²) in [5.41, 5.74) is 8.97. The van der Waals surface area contributed by atoms with E-state index in [1.165, 1.54) is 10.8 Å². The van der Waals surface area contributed by atoms with E-state index in [1.807, 2.05) is 54.6 Å². The fraction of sp³-hybridized carbons (Fsp3) is 0. The maximum atomic E-state index is 13.4. The molecular weight excluding hydrogens is 410 g/mol. The minimum atomic E-state index is -0.198. The molecule has 0 aliphatic rings. The summed E-state index contributed by atoms with van der Waals surface area (Å²) in [5.74, 6) is 1.40. The zero-order valence-corrected chi connectivity index (χ0v) is 17.0. The van der Waals surface area contributed by atoms with E-state index in [4.69, 9.17) is 22.3 Å². The molecule has 0 aliphatic carbocycles. The van der Waals surface area contributed by atoms with Crippen molar-refractivity contribution in [3.05, 3.63) is 101 Å². The van der Waals surface area contributed by atoms with E-state index >= 15 is 0 Å². The van der Waals surface area contributed by atoms with Gasteiger partial charge >= 0.3 is 0 Å². The summed E-state index contributed by atoms with van der Waals surface area (Å²) < 4.78 is 1.51. The van der Waals surface area contributed by atoms with Crippen LogP contribution in [0.2, 0.25) is 5.02 Å². The van der Waals surface area contributed by atoms with Crippen molar-refractivity contribution in [2.24, 2.45) is 0 Å². The van der Waals surface area contributed by atoms with Crippen molar-refractivity contribution in [1.29, 1.82) is 0 Å². The van der Waals surface area contributed by atoms with E-state index < -0.39 is 0 Å². The summed E-state index contributed by atoms with van der Waals surface area (Å²) >= 11 is 6.00. The summed E-state index contributed by atoms with van der Waals surface area (Å²) in [6, 6.07) is 22.1. The molecule has 7 heteroatoms. The number of rotatable bonds is 3. The molecule has 0 bridgehead atoms. The van der Waals surface area contributed by atoms with Crippen LogP contribution in [-0.4, -0.2) is 19.5 Å². The first-order valence-electron chi connectivity index (χ1n) is 9.57. The first-order valence-corrected chi connectivity index (χ1v) is 9.94. The average Bonchev–Trinajstić information content (AvgIpc) is 2.80. The summed E-state index contributed by atoms with van der Waals surface area (Å²) in [5, 5.41) is 1.01. The van der Waals surface area contributed by atoms with Crippen molar-refractivity contribution in [2.45, 2.75) is 0 Å². The van der Waals surface area contributed by atoms with Gasteiger partial charge in [0.1, 0.15) is 17.5 Å². The van der Waals surface area contributed by atoms with Gasteiger partial charge in [0.2, 0.25) is 0 Å². The first kappa shape index (κ1) is 19.0. The van der Waals surface area contributed by atoms with Crippen LogP contribution >= 0.6 is 11.6 Å². The Balaban J connectivity index is 1.72. The van der Waals surface area contributed by atoms with Gasteiger partial charge < -0.3 is 5.73 Å². The Bertz CT molecular complexity index is 1460. The van der Waals surface area contributed by atoms with Crippen LogP contribution in [0.1, 0.15) is 0 Å². The Hall–Kier alpha value is -4.03. The molecule has 3 aromatic heterocycles. The smallest absolute Gasteiger partial charge is 0.267 e. The molecule has 0 amide bonds. The minimum absolute atomic E-state index is 0.198. The second-order valence-corrected chi connectivity index (χ2v) is 7.38. The second kappa shape index (κ2) is 7.66. The normalized spacial score (nSPS) is 11.0. The van der Waals surface area contributed by atoms with Crippen LogP contribution < -0.4 is 11.3 Å². The van der Waals surface area contributed by atoms with Crippen molar-refractivity contribution < 1.29 is 0 Å². The zero-order chi connectivity index (χ0) is 21.4. The highest BCUT2D eigenvalue weighted by atomic mass is 35.5. The van der Waals surface area contributed by atoms with Crippen molar-refractivity contribution in [2.75, 3.05) is 5.73 Å². The number of benzene rings is 2. The molecule has 150 valence electrons. The molecule has 0 spiro atoms. The maximum Gasteiger partial charge on any atom is 0.267 e. The molecule has 6 nitrogen and oxygen atoms in total. The van der Waals surface area contributed by atoms with Crippen LogP contribution in [0.25, 0.3) is 39.2 Å². The highest BCUT2D eigenvalue weighted by Crippen LogP contribution is 2.28. The molecule has 0 fully saturated rings. The molecule has 0 unspecified atom stereocenters. The van der Waals surface area contributed by atoms with Crippen molar-refractivity contribution in [3.8, 4) is 28.3 Å². The molecule has 5 aromatic rings. The van der Waals surface area contributed by atoms with E-state index in [9.17, 15) is 4.79 Å². The third kappa shape index (κ3) is 3.43. The van der Waals surface area contributed by atoms with Gasteiger partial charge in [0, 0.05) is 23.5 Å². The van der Waals surface area contributed by atoms with E-state index in [2.05, 4.69) is 9.97 Å². The topological polar surface area (TPSA) is 86.7 Å². The first-order chi connectivity index (χ1) is 15.1. The summed E-state index contributed by atoms with van der Waals surface area (Å²) in [4.78, 5) is 26.6. The molecule has 0 radical (unpaired) electrons. The number of aromatic nitrogens is 4. The lowest BCUT2D eigenvalue weighted by molar-refractivity contribution is 0.932. The predicted molar refractivity (Wildman–Crippen MR) is 123 cm³/mol. The Morgan fingerprint density at radius 2 is 1.61 bits per heavy atom. The molecular formula is C24H16ClN5O. The minimum Gasteiger partial charge on any atom is -0.383 e. The summed E-state index contributed by atoms with van der Waals surface area (Å²) in [7, 11) is 0. The van der Waals surface area contributed by atoms with Crippen molar-refractivity contribution >= 4 is 28.3 Å². The van der Waals surface area contributed by atoms with Gasteiger partial charge in [-0.15, -0.1) is 0 Å². The number of hydrogen-bond acceptors (Lipinski definition) is 5. The molecule has 3 heterocycles. The van der Waals surface area contributed by atoms with Gasteiger partial charge in [-0.25, -0.2) is 19.5 Å². The van der Waals surface area contributed by atoms with Crippen LogP contribution in [0.15, 0.2) is 90.0 Å². The Labute approximate surface area is 182 Å². The van der Waals surface area contributed by atoms with Crippen molar-refractivity contribution in [3.63, 3.8) is 0 Å². The number of pyridine rings is 2. The fourth-order valence-corrected chi connectivity index (χ4v) is 3.61. The molecule has 0 atom stereocenters. The van der Waals surface area contributed by atoms with Crippen LogP contribution in [0, 0.1) is 0 Å². The number of hydrogen-bond donors (Lipinski definition) is 1. The molecule has 0 aliphatic heterocycles. The van der Waals surface area contributed by atoms with E-state index in [1.54, 1.807) is 24.4 Å².